The summed E-state index contributed by atoms with van der Waals surface area (Å²) in [5.74, 6) is 2.31. The quantitative estimate of drug-likeness (QED) is 0.469. The first-order chi connectivity index (χ1) is 9.20. The number of hydrogen-bond acceptors (Lipinski definition) is 4. The van der Waals surface area contributed by atoms with E-state index in [4.69, 9.17) is 15.6 Å². The third kappa shape index (κ3) is 3.35. The fraction of sp³-hybridized carbons (Fsp3) is 0.333. The van der Waals surface area contributed by atoms with E-state index in [2.05, 4.69) is 10.9 Å². The molecule has 0 saturated heterocycles. The Balaban J connectivity index is 1.98. The highest BCUT2D eigenvalue weighted by atomic mass is 16.6. The monoisotopic (exact) mass is 257 g/mol. The van der Waals surface area contributed by atoms with Crippen molar-refractivity contribution in [2.75, 3.05) is 0 Å². The van der Waals surface area contributed by atoms with Gasteiger partial charge in [-0.15, -0.1) is 12.3 Å². The van der Waals surface area contributed by atoms with Gasteiger partial charge >= 0.3 is 5.97 Å². The van der Waals surface area contributed by atoms with Crippen molar-refractivity contribution in [3.8, 4) is 12.3 Å². The minimum Gasteiger partial charge on any atom is -0.457 e. The first-order valence-electron chi connectivity index (χ1n) is 6.18. The summed E-state index contributed by atoms with van der Waals surface area (Å²) >= 11 is 0. The highest BCUT2D eigenvalue weighted by Gasteiger charge is 2.16. The van der Waals surface area contributed by atoms with Crippen LogP contribution in [-0.2, 0) is 4.74 Å². The van der Waals surface area contributed by atoms with Gasteiger partial charge in [0.05, 0.1) is 6.10 Å². The summed E-state index contributed by atoms with van der Waals surface area (Å²) < 4.78 is 10.7. The Morgan fingerprint density at radius 3 is 3.21 bits per heavy atom. The van der Waals surface area contributed by atoms with Crippen LogP contribution in [-0.4, -0.2) is 17.1 Å². The lowest BCUT2D eigenvalue weighted by molar-refractivity contribution is 0.0288. The van der Waals surface area contributed by atoms with E-state index in [-0.39, 0.29) is 11.9 Å². The molecule has 2 aromatic heterocycles. The van der Waals surface area contributed by atoms with Gasteiger partial charge in [0.1, 0.15) is 5.58 Å². The molecule has 1 atom stereocenters. The Bertz CT molecular complexity index is 576. The molecular formula is C15H15NO3. The van der Waals surface area contributed by atoms with Crippen molar-refractivity contribution in [2.24, 2.45) is 0 Å². The van der Waals surface area contributed by atoms with Crippen LogP contribution >= 0.6 is 0 Å². The van der Waals surface area contributed by atoms with Crippen LogP contribution in [0.5, 0.6) is 0 Å². The molecule has 0 aliphatic carbocycles. The van der Waals surface area contributed by atoms with Gasteiger partial charge in [-0.3, -0.25) is 4.98 Å². The van der Waals surface area contributed by atoms with E-state index in [9.17, 15) is 4.79 Å². The second-order valence-corrected chi connectivity index (χ2v) is 4.34. The fourth-order valence-corrected chi connectivity index (χ4v) is 1.78. The summed E-state index contributed by atoms with van der Waals surface area (Å²) in [6.45, 7) is 1.85. The molecule has 4 nitrogen and oxygen atoms in total. The van der Waals surface area contributed by atoms with Gasteiger partial charge in [0.2, 0.25) is 5.76 Å². The van der Waals surface area contributed by atoms with Crippen molar-refractivity contribution < 1.29 is 13.9 Å². The lowest BCUT2D eigenvalue weighted by Gasteiger charge is -2.10. The zero-order chi connectivity index (χ0) is 13.7. The molecule has 2 heterocycles. The van der Waals surface area contributed by atoms with Gasteiger partial charge < -0.3 is 9.15 Å². The number of rotatable bonds is 5. The van der Waals surface area contributed by atoms with Gasteiger partial charge in [0.15, 0.2) is 0 Å². The average Bonchev–Trinajstić information content (AvgIpc) is 2.83. The van der Waals surface area contributed by atoms with Crippen molar-refractivity contribution in [3.05, 3.63) is 30.3 Å². The Morgan fingerprint density at radius 1 is 1.63 bits per heavy atom. The van der Waals surface area contributed by atoms with Crippen LogP contribution in [0.2, 0.25) is 0 Å². The Morgan fingerprint density at radius 2 is 2.47 bits per heavy atom. The zero-order valence-corrected chi connectivity index (χ0v) is 10.8. The highest BCUT2D eigenvalue weighted by molar-refractivity contribution is 5.92. The molecule has 2 aromatic rings. The van der Waals surface area contributed by atoms with Crippen molar-refractivity contribution in [1.29, 1.82) is 0 Å². The number of aromatic nitrogens is 1. The number of furan rings is 1. The molecule has 0 bridgehead atoms. The van der Waals surface area contributed by atoms with Gasteiger partial charge in [-0.1, -0.05) is 0 Å². The molecule has 0 spiro atoms. The highest BCUT2D eigenvalue weighted by Crippen LogP contribution is 2.19. The van der Waals surface area contributed by atoms with E-state index in [1.54, 1.807) is 24.5 Å². The minimum atomic E-state index is -0.454. The van der Waals surface area contributed by atoms with Crippen molar-refractivity contribution in [2.45, 2.75) is 32.3 Å². The second kappa shape index (κ2) is 6.05. The molecule has 4 heteroatoms. The average molecular weight is 257 g/mol. The molecule has 0 unspecified atom stereocenters. The molecule has 0 N–H and O–H groups in total. The van der Waals surface area contributed by atoms with Gasteiger partial charge in [0, 0.05) is 30.3 Å². The normalized spacial score (nSPS) is 12.0. The lowest BCUT2D eigenvalue weighted by atomic mass is 10.2. The summed E-state index contributed by atoms with van der Waals surface area (Å²) in [5, 5.41) is 0.787. The largest absolute Gasteiger partial charge is 0.457 e. The van der Waals surface area contributed by atoms with E-state index < -0.39 is 5.97 Å². The van der Waals surface area contributed by atoms with Crippen LogP contribution in [0.1, 0.15) is 36.7 Å². The molecule has 98 valence electrons. The number of esters is 1. The van der Waals surface area contributed by atoms with Crippen LogP contribution in [0.3, 0.4) is 0 Å². The number of pyridine rings is 1. The lowest BCUT2D eigenvalue weighted by Crippen LogP contribution is -2.14. The number of nitrogens with zero attached hydrogens (tertiary/aromatic N) is 1. The Kier molecular flexibility index (Phi) is 4.19. The fourth-order valence-electron chi connectivity index (χ4n) is 1.78. The van der Waals surface area contributed by atoms with E-state index in [0.29, 0.717) is 12.0 Å². The van der Waals surface area contributed by atoms with Crippen LogP contribution in [0.4, 0.5) is 0 Å². The number of fused-ring (bicyclic) bond motifs is 1. The Labute approximate surface area is 111 Å². The maximum absolute atomic E-state index is 11.9. The molecular weight excluding hydrogens is 242 g/mol. The molecule has 0 fully saturated rings. The maximum atomic E-state index is 11.9. The molecule has 2 rings (SSSR count). The molecule has 0 saturated carbocycles. The molecule has 0 aliphatic heterocycles. The van der Waals surface area contributed by atoms with E-state index in [0.717, 1.165) is 18.2 Å². The van der Waals surface area contributed by atoms with Crippen LogP contribution in [0, 0.1) is 12.3 Å². The molecule has 0 aliphatic rings. The number of unbranched alkanes of at least 4 members (excludes halogenated alkanes) is 1. The van der Waals surface area contributed by atoms with E-state index in [1.165, 1.54) is 0 Å². The maximum Gasteiger partial charge on any atom is 0.374 e. The van der Waals surface area contributed by atoms with Crippen LogP contribution in [0.15, 0.2) is 28.9 Å². The number of hydrogen-bond donors (Lipinski definition) is 0. The third-order valence-electron chi connectivity index (χ3n) is 2.76. The van der Waals surface area contributed by atoms with Gasteiger partial charge in [0.25, 0.3) is 0 Å². The Hall–Kier alpha value is -2.28. The number of carbonyl (C=O) groups excluding carboxylic acids is 1. The van der Waals surface area contributed by atoms with Crippen LogP contribution < -0.4 is 0 Å². The number of terminal acetylenes is 1. The SMILES string of the molecule is C#CCCC[C@@H](C)OC(=O)c1cc2cnccc2o1. The molecule has 0 radical (unpaired) electrons. The smallest absolute Gasteiger partial charge is 0.374 e. The van der Waals surface area contributed by atoms with Crippen molar-refractivity contribution in [1.82, 2.24) is 4.98 Å². The summed E-state index contributed by atoms with van der Waals surface area (Å²) in [4.78, 5) is 15.8. The first-order valence-corrected chi connectivity index (χ1v) is 6.18. The summed E-state index contributed by atoms with van der Waals surface area (Å²) in [6.07, 6.45) is 10.5. The molecule has 0 aromatic carbocycles. The van der Waals surface area contributed by atoms with Crippen LogP contribution in [0.25, 0.3) is 11.0 Å². The standard InChI is InChI=1S/C15H15NO3/c1-3-4-5-6-11(2)18-15(17)14-9-12-10-16-8-7-13(12)19-14/h1,7-11H,4-6H2,2H3/t11-/m1/s1. The summed E-state index contributed by atoms with van der Waals surface area (Å²) in [5.41, 5.74) is 0.627. The van der Waals surface area contributed by atoms with Gasteiger partial charge in [-0.25, -0.2) is 4.79 Å². The summed E-state index contributed by atoms with van der Waals surface area (Å²) in [7, 11) is 0. The zero-order valence-electron chi connectivity index (χ0n) is 10.8. The molecule has 19 heavy (non-hydrogen) atoms. The summed E-state index contributed by atoms with van der Waals surface area (Å²) in [6, 6.07) is 3.35. The van der Waals surface area contributed by atoms with E-state index >= 15 is 0 Å². The minimum absolute atomic E-state index is 0.174. The van der Waals surface area contributed by atoms with Gasteiger partial charge in [-0.05, 0) is 25.8 Å². The predicted octanol–water partition coefficient (Wildman–Crippen LogP) is 3.18. The predicted molar refractivity (Wildman–Crippen MR) is 71.6 cm³/mol. The third-order valence-corrected chi connectivity index (χ3v) is 2.76. The number of ether oxygens (including phenoxy) is 1. The van der Waals surface area contributed by atoms with Gasteiger partial charge in [-0.2, -0.15) is 0 Å². The topological polar surface area (TPSA) is 52.3 Å². The van der Waals surface area contributed by atoms with Crippen molar-refractivity contribution in [3.63, 3.8) is 0 Å². The van der Waals surface area contributed by atoms with Crippen molar-refractivity contribution >= 4 is 16.9 Å². The second-order valence-electron chi connectivity index (χ2n) is 4.34. The first kappa shape index (κ1) is 13.2. The molecule has 0 amide bonds. The van der Waals surface area contributed by atoms with E-state index in [1.807, 2.05) is 6.92 Å². The number of carbonyl (C=O) groups is 1.